The molecule has 0 bridgehead atoms. The van der Waals surface area contributed by atoms with Crippen LogP contribution in [0.1, 0.15) is 11.1 Å². The normalized spacial score (nSPS) is 11.7. The standard InChI is InChI=1S/C18H18N4O6S/c1-22-10-11(4-8-15(22)23)3-5-12-9-13(6-7-14(12)29(2,26)27)28-17(21-20)16(19)18(24)25/h4,6-10,21H,19-20H2,1-2H3,(H,24,25)/b17-16+. The van der Waals surface area contributed by atoms with Gasteiger partial charge in [0.15, 0.2) is 15.5 Å². The lowest BCUT2D eigenvalue weighted by Crippen LogP contribution is -2.31. The van der Waals surface area contributed by atoms with Gasteiger partial charge in [-0.25, -0.2) is 19.1 Å². The molecule has 1 aromatic carbocycles. The first kappa shape index (κ1) is 21.5. The topological polar surface area (TPSA) is 167 Å². The number of carboxylic acid groups (broad SMARTS) is 1. The van der Waals surface area contributed by atoms with Gasteiger partial charge in [0.1, 0.15) is 5.75 Å². The van der Waals surface area contributed by atoms with Crippen molar-refractivity contribution in [2.45, 2.75) is 4.90 Å². The summed E-state index contributed by atoms with van der Waals surface area (Å²) in [4.78, 5) is 22.4. The maximum absolute atomic E-state index is 12.1. The Balaban J connectivity index is 2.55. The Morgan fingerprint density at radius 2 is 1.93 bits per heavy atom. The number of benzene rings is 1. The minimum absolute atomic E-state index is 0.0549. The molecule has 0 saturated carbocycles. The molecule has 29 heavy (non-hydrogen) atoms. The van der Waals surface area contributed by atoms with Crippen LogP contribution in [0.25, 0.3) is 0 Å². The second-order valence-corrected chi connectivity index (χ2v) is 7.83. The van der Waals surface area contributed by atoms with Crippen LogP contribution >= 0.6 is 0 Å². The van der Waals surface area contributed by atoms with Crippen molar-refractivity contribution >= 4 is 15.8 Å². The zero-order chi connectivity index (χ0) is 21.8. The van der Waals surface area contributed by atoms with Gasteiger partial charge in [-0.2, -0.15) is 0 Å². The van der Waals surface area contributed by atoms with Crippen LogP contribution in [0.3, 0.4) is 0 Å². The van der Waals surface area contributed by atoms with E-state index in [1.54, 1.807) is 7.05 Å². The number of nitrogens with zero attached hydrogens (tertiary/aromatic N) is 1. The fourth-order valence-electron chi connectivity index (χ4n) is 2.18. The summed E-state index contributed by atoms with van der Waals surface area (Å²) in [7, 11) is -2.06. The summed E-state index contributed by atoms with van der Waals surface area (Å²) >= 11 is 0. The lowest BCUT2D eigenvalue weighted by molar-refractivity contribution is -0.132. The predicted octanol–water partition coefficient (Wildman–Crippen LogP) is -0.757. The summed E-state index contributed by atoms with van der Waals surface area (Å²) in [6, 6.07) is 6.71. The van der Waals surface area contributed by atoms with Gasteiger partial charge in [0, 0.05) is 36.7 Å². The Kier molecular flexibility index (Phi) is 6.32. The van der Waals surface area contributed by atoms with Crippen LogP contribution in [-0.4, -0.2) is 30.3 Å². The number of hydrogen-bond donors (Lipinski definition) is 4. The summed E-state index contributed by atoms with van der Waals surface area (Å²) in [5.74, 6) is 8.90. The second-order valence-electron chi connectivity index (χ2n) is 5.84. The van der Waals surface area contributed by atoms with E-state index in [0.29, 0.717) is 5.56 Å². The number of nitrogens with one attached hydrogen (secondary N) is 1. The lowest BCUT2D eigenvalue weighted by Gasteiger charge is -2.12. The van der Waals surface area contributed by atoms with E-state index in [0.717, 1.165) is 6.26 Å². The monoisotopic (exact) mass is 418 g/mol. The van der Waals surface area contributed by atoms with Crippen molar-refractivity contribution in [2.24, 2.45) is 18.6 Å². The summed E-state index contributed by atoms with van der Waals surface area (Å²) in [5.41, 5.74) is 7.11. The molecule has 0 spiro atoms. The fourth-order valence-corrected chi connectivity index (χ4v) is 3.00. The molecular weight excluding hydrogens is 400 g/mol. The van der Waals surface area contributed by atoms with Crippen molar-refractivity contribution < 1.29 is 23.1 Å². The maximum atomic E-state index is 12.1. The molecule has 2 rings (SSSR count). The first-order valence-corrected chi connectivity index (χ1v) is 9.82. The summed E-state index contributed by atoms with van der Waals surface area (Å²) in [6.45, 7) is 0. The molecule has 0 fully saturated rings. The zero-order valence-corrected chi connectivity index (χ0v) is 16.3. The highest BCUT2D eigenvalue weighted by Crippen LogP contribution is 2.23. The van der Waals surface area contributed by atoms with E-state index < -0.39 is 27.4 Å². The highest BCUT2D eigenvalue weighted by molar-refractivity contribution is 7.90. The highest BCUT2D eigenvalue weighted by atomic mass is 32.2. The van der Waals surface area contributed by atoms with E-state index >= 15 is 0 Å². The number of sulfone groups is 1. The van der Waals surface area contributed by atoms with Crippen molar-refractivity contribution in [3.05, 3.63) is 69.6 Å². The Bertz CT molecular complexity index is 1220. The van der Waals surface area contributed by atoms with Gasteiger partial charge in [0.2, 0.25) is 11.4 Å². The largest absolute Gasteiger partial charge is 0.476 e. The first-order chi connectivity index (χ1) is 13.5. The SMILES string of the molecule is Cn1cc(C#Cc2cc(O/C(NN)=C(/N)C(=O)O)ccc2S(C)(=O)=O)ccc1=O. The number of aromatic nitrogens is 1. The molecule has 1 heterocycles. The van der Waals surface area contributed by atoms with Gasteiger partial charge < -0.3 is 20.1 Å². The third kappa shape index (κ3) is 5.38. The fraction of sp³-hybridized carbons (Fsp3) is 0.111. The highest BCUT2D eigenvalue weighted by Gasteiger charge is 2.16. The number of aryl methyl sites for hydroxylation is 1. The third-order valence-electron chi connectivity index (χ3n) is 3.60. The van der Waals surface area contributed by atoms with E-state index in [9.17, 15) is 18.0 Å². The average molecular weight is 418 g/mol. The number of pyridine rings is 1. The Labute approximate surface area is 166 Å². The van der Waals surface area contributed by atoms with E-state index in [4.69, 9.17) is 21.4 Å². The Morgan fingerprint density at radius 1 is 1.24 bits per heavy atom. The van der Waals surface area contributed by atoms with E-state index in [-0.39, 0.29) is 21.8 Å². The van der Waals surface area contributed by atoms with E-state index in [2.05, 4.69) is 11.8 Å². The minimum atomic E-state index is -3.62. The number of hydrogen-bond acceptors (Lipinski definition) is 8. The predicted molar refractivity (Wildman–Crippen MR) is 104 cm³/mol. The van der Waals surface area contributed by atoms with E-state index in [1.165, 1.54) is 41.1 Å². The van der Waals surface area contributed by atoms with E-state index in [1.807, 2.05) is 5.43 Å². The summed E-state index contributed by atoms with van der Waals surface area (Å²) < 4.78 is 30.8. The molecule has 0 aliphatic carbocycles. The van der Waals surface area contributed by atoms with Gasteiger partial charge in [0.25, 0.3) is 0 Å². The summed E-state index contributed by atoms with van der Waals surface area (Å²) in [5, 5.41) is 8.93. The van der Waals surface area contributed by atoms with Crippen LogP contribution in [-0.2, 0) is 21.7 Å². The molecule has 0 aliphatic heterocycles. The molecule has 10 nitrogen and oxygen atoms in total. The maximum Gasteiger partial charge on any atom is 0.357 e. The van der Waals surface area contributed by atoms with Crippen LogP contribution in [0.15, 0.2) is 57.8 Å². The molecule has 0 radical (unpaired) electrons. The smallest absolute Gasteiger partial charge is 0.357 e. The van der Waals surface area contributed by atoms with Crippen LogP contribution in [0.4, 0.5) is 0 Å². The molecule has 0 amide bonds. The zero-order valence-electron chi connectivity index (χ0n) is 15.5. The summed E-state index contributed by atoms with van der Waals surface area (Å²) in [6.07, 6.45) is 2.53. The number of carbonyl (C=O) groups is 1. The van der Waals surface area contributed by atoms with Crippen molar-refractivity contribution in [2.75, 3.05) is 6.26 Å². The Hall–Kier alpha value is -3.75. The molecule has 6 N–H and O–H groups in total. The number of ether oxygens (including phenoxy) is 1. The van der Waals surface area contributed by atoms with Gasteiger partial charge in [-0.1, -0.05) is 11.8 Å². The molecule has 2 aromatic rings. The van der Waals surface area contributed by atoms with Crippen LogP contribution < -0.4 is 27.3 Å². The molecule has 0 saturated heterocycles. The molecular formula is C18H18N4O6S. The van der Waals surface area contributed by atoms with Crippen molar-refractivity contribution in [1.29, 1.82) is 0 Å². The van der Waals surface area contributed by atoms with Crippen molar-refractivity contribution in [1.82, 2.24) is 9.99 Å². The number of rotatable bonds is 5. The molecule has 152 valence electrons. The van der Waals surface area contributed by atoms with Crippen LogP contribution in [0.2, 0.25) is 0 Å². The van der Waals surface area contributed by atoms with Gasteiger partial charge in [0.05, 0.1) is 4.90 Å². The number of aliphatic carboxylic acids is 1. The van der Waals surface area contributed by atoms with Gasteiger partial charge in [-0.15, -0.1) is 0 Å². The number of nitrogens with two attached hydrogens (primary N) is 2. The molecule has 11 heteroatoms. The number of carboxylic acids is 1. The lowest BCUT2D eigenvalue weighted by atomic mass is 10.2. The van der Waals surface area contributed by atoms with Crippen molar-refractivity contribution in [3.63, 3.8) is 0 Å². The molecule has 0 unspecified atom stereocenters. The van der Waals surface area contributed by atoms with Gasteiger partial charge >= 0.3 is 5.97 Å². The molecule has 0 atom stereocenters. The van der Waals surface area contributed by atoms with Crippen molar-refractivity contribution in [3.8, 4) is 17.6 Å². The first-order valence-electron chi connectivity index (χ1n) is 7.93. The van der Waals surface area contributed by atoms with Crippen LogP contribution in [0.5, 0.6) is 5.75 Å². The van der Waals surface area contributed by atoms with Gasteiger partial charge in [-0.3, -0.25) is 10.2 Å². The average Bonchev–Trinajstić information content (AvgIpc) is 2.65. The number of hydrazine groups is 1. The quantitative estimate of drug-likeness (QED) is 0.160. The Morgan fingerprint density at radius 3 is 2.48 bits per heavy atom. The molecule has 1 aromatic heterocycles. The molecule has 0 aliphatic rings. The minimum Gasteiger partial charge on any atom is -0.476 e. The van der Waals surface area contributed by atoms with Crippen LogP contribution in [0, 0.1) is 11.8 Å². The third-order valence-corrected chi connectivity index (χ3v) is 4.76. The second kappa shape index (κ2) is 8.51. The van der Waals surface area contributed by atoms with Gasteiger partial charge in [-0.05, 0) is 24.3 Å².